The number of rotatable bonds is 9. The number of hydrogen-bond acceptors (Lipinski definition) is 2. The van der Waals surface area contributed by atoms with Crippen molar-refractivity contribution in [3.8, 4) is 11.3 Å². The molecule has 0 saturated heterocycles. The fourth-order valence-electron chi connectivity index (χ4n) is 2.79. The van der Waals surface area contributed by atoms with E-state index >= 15 is 0 Å². The molecule has 0 radical (unpaired) electrons. The van der Waals surface area contributed by atoms with Crippen LogP contribution in [-0.2, 0) is 6.42 Å². The summed E-state index contributed by atoms with van der Waals surface area (Å²) in [5.74, 6) is 0. The van der Waals surface area contributed by atoms with Crippen molar-refractivity contribution in [2.75, 3.05) is 0 Å². The first kappa shape index (κ1) is 17.7. The highest BCUT2D eigenvalue weighted by Gasteiger charge is 2.05. The first-order chi connectivity index (χ1) is 11.2. The Hall–Kier alpha value is -1.67. The standard InChI is InChI=1S/C21H29NO/c1-3-5-6-7-8-9-17-10-15-20(22-16-17)18-11-13-19(14-12-18)21(23)4-2/h10-16,21,23H,3-9H2,1-2H3. The lowest BCUT2D eigenvalue weighted by Gasteiger charge is -2.09. The third kappa shape index (κ3) is 5.47. The number of nitrogens with zero attached hydrogens (tertiary/aromatic N) is 1. The van der Waals surface area contributed by atoms with E-state index in [2.05, 4.69) is 24.0 Å². The van der Waals surface area contributed by atoms with Crippen LogP contribution in [0.3, 0.4) is 0 Å². The van der Waals surface area contributed by atoms with Gasteiger partial charge in [0.15, 0.2) is 0 Å². The van der Waals surface area contributed by atoms with Crippen molar-refractivity contribution in [2.45, 2.75) is 64.9 Å². The first-order valence-electron chi connectivity index (χ1n) is 8.98. The van der Waals surface area contributed by atoms with Crippen LogP contribution in [0.1, 0.15) is 69.6 Å². The summed E-state index contributed by atoms with van der Waals surface area (Å²) < 4.78 is 0. The Bertz CT molecular complexity index is 559. The Morgan fingerprint density at radius 3 is 2.26 bits per heavy atom. The molecule has 0 amide bonds. The van der Waals surface area contributed by atoms with Crippen molar-refractivity contribution in [3.05, 3.63) is 53.7 Å². The fraction of sp³-hybridized carbons (Fsp3) is 0.476. The molecule has 1 heterocycles. The van der Waals surface area contributed by atoms with Gasteiger partial charge in [-0.05, 0) is 36.5 Å². The van der Waals surface area contributed by atoms with Crippen LogP contribution in [-0.4, -0.2) is 10.1 Å². The number of pyridine rings is 1. The van der Waals surface area contributed by atoms with Gasteiger partial charge in [0, 0.05) is 11.8 Å². The predicted octanol–water partition coefficient (Wildman–Crippen LogP) is 5.70. The van der Waals surface area contributed by atoms with E-state index in [4.69, 9.17) is 0 Å². The molecule has 0 saturated carbocycles. The Morgan fingerprint density at radius 2 is 1.65 bits per heavy atom. The van der Waals surface area contributed by atoms with Gasteiger partial charge in [-0.15, -0.1) is 0 Å². The molecule has 1 unspecified atom stereocenters. The molecule has 23 heavy (non-hydrogen) atoms. The van der Waals surface area contributed by atoms with Crippen LogP contribution in [0.15, 0.2) is 42.6 Å². The van der Waals surface area contributed by atoms with E-state index in [0.29, 0.717) is 0 Å². The second-order valence-electron chi connectivity index (χ2n) is 6.26. The molecule has 0 fully saturated rings. The molecule has 124 valence electrons. The van der Waals surface area contributed by atoms with E-state index in [9.17, 15) is 5.11 Å². The molecule has 0 bridgehead atoms. The Balaban J connectivity index is 1.91. The van der Waals surface area contributed by atoms with Crippen LogP contribution in [0, 0.1) is 0 Å². The van der Waals surface area contributed by atoms with Gasteiger partial charge >= 0.3 is 0 Å². The molecule has 0 aliphatic carbocycles. The smallest absolute Gasteiger partial charge is 0.0787 e. The van der Waals surface area contributed by atoms with E-state index < -0.39 is 0 Å². The maximum Gasteiger partial charge on any atom is 0.0787 e. The highest BCUT2D eigenvalue weighted by molar-refractivity contribution is 5.59. The lowest BCUT2D eigenvalue weighted by Crippen LogP contribution is -1.95. The molecule has 2 aromatic rings. The number of aromatic nitrogens is 1. The topological polar surface area (TPSA) is 33.1 Å². The quantitative estimate of drug-likeness (QED) is 0.602. The van der Waals surface area contributed by atoms with Gasteiger partial charge in [0.25, 0.3) is 0 Å². The zero-order valence-corrected chi connectivity index (χ0v) is 14.5. The molecule has 1 N–H and O–H groups in total. The van der Waals surface area contributed by atoms with Gasteiger partial charge in [0.2, 0.25) is 0 Å². The summed E-state index contributed by atoms with van der Waals surface area (Å²) in [4.78, 5) is 4.60. The summed E-state index contributed by atoms with van der Waals surface area (Å²) in [6.45, 7) is 4.24. The summed E-state index contributed by atoms with van der Waals surface area (Å²) in [6.07, 6.45) is 10.1. The SMILES string of the molecule is CCCCCCCc1ccc(-c2ccc(C(O)CC)cc2)nc1. The number of aliphatic hydroxyl groups is 1. The van der Waals surface area contributed by atoms with Crippen LogP contribution >= 0.6 is 0 Å². The van der Waals surface area contributed by atoms with Crippen molar-refractivity contribution in [2.24, 2.45) is 0 Å². The van der Waals surface area contributed by atoms with Crippen LogP contribution in [0.2, 0.25) is 0 Å². The second kappa shape index (κ2) is 9.46. The molecular weight excluding hydrogens is 282 g/mol. The van der Waals surface area contributed by atoms with Gasteiger partial charge in [-0.1, -0.05) is 69.9 Å². The van der Waals surface area contributed by atoms with Crippen molar-refractivity contribution in [3.63, 3.8) is 0 Å². The number of aliphatic hydroxyl groups excluding tert-OH is 1. The summed E-state index contributed by atoms with van der Waals surface area (Å²) in [5, 5.41) is 9.85. The number of benzene rings is 1. The third-order valence-corrected chi connectivity index (χ3v) is 4.37. The minimum Gasteiger partial charge on any atom is -0.388 e. The molecule has 2 heteroatoms. The van der Waals surface area contributed by atoms with Gasteiger partial charge in [-0.3, -0.25) is 4.98 Å². The highest BCUT2D eigenvalue weighted by Crippen LogP contribution is 2.22. The molecule has 1 atom stereocenters. The molecule has 0 spiro atoms. The molecule has 2 nitrogen and oxygen atoms in total. The summed E-state index contributed by atoms with van der Waals surface area (Å²) >= 11 is 0. The zero-order valence-electron chi connectivity index (χ0n) is 14.5. The van der Waals surface area contributed by atoms with Crippen molar-refractivity contribution >= 4 is 0 Å². The average Bonchev–Trinajstić information content (AvgIpc) is 2.61. The first-order valence-corrected chi connectivity index (χ1v) is 8.98. The minimum atomic E-state index is -0.368. The van der Waals surface area contributed by atoms with E-state index in [1.54, 1.807) is 0 Å². The summed E-state index contributed by atoms with van der Waals surface area (Å²) in [7, 11) is 0. The van der Waals surface area contributed by atoms with Crippen LogP contribution in [0.4, 0.5) is 0 Å². The van der Waals surface area contributed by atoms with E-state index in [1.165, 1.54) is 37.7 Å². The molecule has 1 aromatic heterocycles. The Labute approximate surface area is 140 Å². The summed E-state index contributed by atoms with van der Waals surface area (Å²) in [5.41, 5.74) is 4.40. The predicted molar refractivity (Wildman–Crippen MR) is 97.4 cm³/mol. The number of aryl methyl sites for hydroxylation is 1. The number of hydrogen-bond donors (Lipinski definition) is 1. The average molecular weight is 311 g/mol. The minimum absolute atomic E-state index is 0.368. The zero-order chi connectivity index (χ0) is 16.5. The van der Waals surface area contributed by atoms with Crippen molar-refractivity contribution in [1.29, 1.82) is 0 Å². The third-order valence-electron chi connectivity index (χ3n) is 4.37. The molecule has 0 aliphatic rings. The Kier molecular flexibility index (Phi) is 7.28. The molecule has 2 rings (SSSR count). The fourth-order valence-corrected chi connectivity index (χ4v) is 2.79. The molecule has 1 aromatic carbocycles. The normalized spacial score (nSPS) is 12.3. The van der Waals surface area contributed by atoms with Gasteiger partial charge < -0.3 is 5.11 Å². The van der Waals surface area contributed by atoms with Gasteiger partial charge in [0.05, 0.1) is 11.8 Å². The van der Waals surface area contributed by atoms with Crippen LogP contribution < -0.4 is 0 Å². The van der Waals surface area contributed by atoms with Crippen LogP contribution in [0.25, 0.3) is 11.3 Å². The lowest BCUT2D eigenvalue weighted by molar-refractivity contribution is 0.173. The maximum absolute atomic E-state index is 9.85. The molecule has 0 aliphatic heterocycles. The second-order valence-corrected chi connectivity index (χ2v) is 6.26. The van der Waals surface area contributed by atoms with Gasteiger partial charge in [-0.2, -0.15) is 0 Å². The Morgan fingerprint density at radius 1 is 0.913 bits per heavy atom. The van der Waals surface area contributed by atoms with Gasteiger partial charge in [0.1, 0.15) is 0 Å². The van der Waals surface area contributed by atoms with E-state index in [0.717, 1.165) is 29.7 Å². The van der Waals surface area contributed by atoms with E-state index in [-0.39, 0.29) is 6.10 Å². The maximum atomic E-state index is 9.85. The largest absolute Gasteiger partial charge is 0.388 e. The highest BCUT2D eigenvalue weighted by atomic mass is 16.3. The van der Waals surface area contributed by atoms with Crippen molar-refractivity contribution in [1.82, 2.24) is 4.98 Å². The van der Waals surface area contributed by atoms with Crippen LogP contribution in [0.5, 0.6) is 0 Å². The lowest BCUT2D eigenvalue weighted by atomic mass is 10.0. The van der Waals surface area contributed by atoms with Crippen molar-refractivity contribution < 1.29 is 5.11 Å². The number of unbranched alkanes of at least 4 members (excludes halogenated alkanes) is 4. The summed E-state index contributed by atoms with van der Waals surface area (Å²) in [6, 6.07) is 12.4. The van der Waals surface area contributed by atoms with E-state index in [1.807, 2.05) is 37.4 Å². The monoisotopic (exact) mass is 311 g/mol. The molecular formula is C21H29NO. The van der Waals surface area contributed by atoms with Gasteiger partial charge in [-0.25, -0.2) is 0 Å².